The second kappa shape index (κ2) is 10.7. The molecule has 1 N–H and O–H groups in total. The third kappa shape index (κ3) is 5.34. The Morgan fingerprint density at radius 3 is 2.72 bits per heavy atom. The van der Waals surface area contributed by atoms with Gasteiger partial charge in [0.05, 0.1) is 34.3 Å². The zero-order valence-corrected chi connectivity index (χ0v) is 20.3. The number of aromatic carboxylic acids is 1. The lowest BCUT2D eigenvalue weighted by Gasteiger charge is -2.13. The van der Waals surface area contributed by atoms with Crippen LogP contribution in [-0.4, -0.2) is 47.3 Å². The Morgan fingerprint density at radius 2 is 2.06 bits per heavy atom. The highest BCUT2D eigenvalue weighted by atomic mass is 79.9. The molecule has 1 heterocycles. The number of benzene rings is 2. The molecule has 0 aliphatic carbocycles. The molecule has 0 spiro atoms. The van der Waals surface area contributed by atoms with Crippen LogP contribution >= 0.6 is 27.7 Å². The number of carboxylic acid groups (broad SMARTS) is 1. The maximum atomic E-state index is 13.0. The van der Waals surface area contributed by atoms with Crippen molar-refractivity contribution < 1.29 is 24.2 Å². The first-order valence-electron chi connectivity index (χ1n) is 10.0. The SMILES string of the molecule is CCCOc1c(Br)cc(/C=C2/SC(=Nc3cccc(C(=O)O)c3)N(CC)C2=O)cc1OC. The molecule has 0 saturated carbocycles. The highest BCUT2D eigenvalue weighted by Crippen LogP contribution is 2.39. The van der Waals surface area contributed by atoms with Gasteiger partial charge in [0.25, 0.3) is 5.91 Å². The predicted octanol–water partition coefficient (Wildman–Crippen LogP) is 5.57. The molecule has 1 aliphatic heterocycles. The summed E-state index contributed by atoms with van der Waals surface area (Å²) in [5.41, 5.74) is 1.39. The minimum Gasteiger partial charge on any atom is -0.493 e. The van der Waals surface area contributed by atoms with Crippen LogP contribution in [0.15, 0.2) is 50.8 Å². The number of hydrogen-bond acceptors (Lipinski definition) is 6. The fourth-order valence-corrected chi connectivity index (χ4v) is 4.64. The summed E-state index contributed by atoms with van der Waals surface area (Å²) in [7, 11) is 1.57. The van der Waals surface area contributed by atoms with Gasteiger partial charge in [-0.05, 0) is 83.0 Å². The molecule has 32 heavy (non-hydrogen) atoms. The van der Waals surface area contributed by atoms with Crippen LogP contribution in [0.25, 0.3) is 6.08 Å². The number of amides is 1. The summed E-state index contributed by atoms with van der Waals surface area (Å²) < 4.78 is 12.0. The summed E-state index contributed by atoms with van der Waals surface area (Å²) in [5, 5.41) is 9.70. The molecule has 7 nitrogen and oxygen atoms in total. The number of ether oxygens (including phenoxy) is 2. The Kier molecular flexibility index (Phi) is 7.98. The second-order valence-corrected chi connectivity index (χ2v) is 8.66. The fourth-order valence-electron chi connectivity index (χ4n) is 3.01. The van der Waals surface area contributed by atoms with Crippen LogP contribution in [0.5, 0.6) is 11.5 Å². The number of hydrogen-bond donors (Lipinski definition) is 1. The maximum absolute atomic E-state index is 13.0. The smallest absolute Gasteiger partial charge is 0.335 e. The summed E-state index contributed by atoms with van der Waals surface area (Å²) in [5.74, 6) is 0.00699. The molecular formula is C23H23BrN2O5S. The van der Waals surface area contributed by atoms with Crippen molar-refractivity contribution in [1.82, 2.24) is 4.90 Å². The Hall–Kier alpha value is -2.78. The van der Waals surface area contributed by atoms with Gasteiger partial charge in [-0.15, -0.1) is 0 Å². The number of rotatable bonds is 8. The molecule has 168 valence electrons. The lowest BCUT2D eigenvalue weighted by molar-refractivity contribution is -0.122. The van der Waals surface area contributed by atoms with Gasteiger partial charge in [0, 0.05) is 6.54 Å². The Balaban J connectivity index is 1.94. The largest absolute Gasteiger partial charge is 0.493 e. The van der Waals surface area contributed by atoms with E-state index in [0.29, 0.717) is 40.4 Å². The highest BCUT2D eigenvalue weighted by molar-refractivity contribution is 9.10. The predicted molar refractivity (Wildman–Crippen MR) is 130 cm³/mol. The van der Waals surface area contributed by atoms with E-state index < -0.39 is 5.97 Å². The number of aliphatic imine (C=N–C) groups is 1. The van der Waals surface area contributed by atoms with Gasteiger partial charge in [-0.3, -0.25) is 9.69 Å². The normalized spacial score (nSPS) is 16.1. The van der Waals surface area contributed by atoms with Gasteiger partial charge in [0.2, 0.25) is 0 Å². The monoisotopic (exact) mass is 518 g/mol. The van der Waals surface area contributed by atoms with Crippen LogP contribution in [0.1, 0.15) is 36.2 Å². The lowest BCUT2D eigenvalue weighted by Crippen LogP contribution is -2.28. The molecule has 1 fully saturated rings. The van der Waals surface area contributed by atoms with E-state index in [-0.39, 0.29) is 11.5 Å². The van der Waals surface area contributed by atoms with Crippen molar-refractivity contribution in [3.05, 3.63) is 56.9 Å². The molecule has 2 aromatic carbocycles. The van der Waals surface area contributed by atoms with E-state index in [2.05, 4.69) is 20.9 Å². The Bertz CT molecular complexity index is 1100. The van der Waals surface area contributed by atoms with E-state index in [1.807, 2.05) is 26.0 Å². The van der Waals surface area contributed by atoms with Gasteiger partial charge in [0.15, 0.2) is 16.7 Å². The van der Waals surface area contributed by atoms with Crippen molar-refractivity contribution >= 4 is 56.5 Å². The van der Waals surface area contributed by atoms with Crippen LogP contribution in [0, 0.1) is 0 Å². The average molecular weight is 519 g/mol. The van der Waals surface area contributed by atoms with E-state index in [4.69, 9.17) is 9.47 Å². The summed E-state index contributed by atoms with van der Waals surface area (Å²) >= 11 is 4.77. The van der Waals surface area contributed by atoms with Gasteiger partial charge in [-0.1, -0.05) is 13.0 Å². The first-order chi connectivity index (χ1) is 15.4. The van der Waals surface area contributed by atoms with Crippen LogP contribution < -0.4 is 9.47 Å². The number of thioether (sulfide) groups is 1. The molecule has 0 bridgehead atoms. The van der Waals surface area contributed by atoms with Crippen LogP contribution in [0.4, 0.5) is 5.69 Å². The molecular weight excluding hydrogens is 496 g/mol. The molecule has 0 atom stereocenters. The molecule has 0 radical (unpaired) electrons. The van der Waals surface area contributed by atoms with E-state index in [1.165, 1.54) is 23.9 Å². The molecule has 0 unspecified atom stereocenters. The van der Waals surface area contributed by atoms with Gasteiger partial charge in [-0.25, -0.2) is 9.79 Å². The Morgan fingerprint density at radius 1 is 1.28 bits per heavy atom. The third-order valence-corrected chi connectivity index (χ3v) is 6.12. The number of carbonyl (C=O) groups is 2. The van der Waals surface area contributed by atoms with Crippen molar-refractivity contribution in [2.75, 3.05) is 20.3 Å². The molecule has 9 heteroatoms. The zero-order valence-electron chi connectivity index (χ0n) is 17.9. The standard InChI is InChI=1S/C23H23BrN2O5S/c1-4-9-31-20-17(24)10-14(11-18(20)30-3)12-19-21(27)26(5-2)23(32-19)25-16-8-6-7-15(13-16)22(28)29/h6-8,10-13H,4-5,9H2,1-3H3,(H,28,29)/b19-12+,25-23?. The van der Waals surface area contributed by atoms with Crippen LogP contribution in [0.3, 0.4) is 0 Å². The summed E-state index contributed by atoms with van der Waals surface area (Å²) in [6.07, 6.45) is 2.65. The molecule has 1 aliphatic rings. The molecule has 1 amide bonds. The minimum absolute atomic E-state index is 0.141. The van der Waals surface area contributed by atoms with E-state index in [0.717, 1.165) is 16.5 Å². The topological polar surface area (TPSA) is 88.4 Å². The van der Waals surface area contributed by atoms with E-state index in [1.54, 1.807) is 30.2 Å². The number of carboxylic acids is 1. The maximum Gasteiger partial charge on any atom is 0.335 e. The number of carbonyl (C=O) groups excluding carboxylic acids is 1. The average Bonchev–Trinajstić information content (AvgIpc) is 3.06. The second-order valence-electron chi connectivity index (χ2n) is 6.79. The van der Waals surface area contributed by atoms with Crippen molar-refractivity contribution in [2.45, 2.75) is 20.3 Å². The van der Waals surface area contributed by atoms with Crippen molar-refractivity contribution in [1.29, 1.82) is 0 Å². The quantitative estimate of drug-likeness (QED) is 0.459. The summed E-state index contributed by atoms with van der Waals surface area (Å²) in [6.45, 7) is 4.90. The third-order valence-electron chi connectivity index (χ3n) is 4.52. The number of halogens is 1. The Labute approximate surface area is 199 Å². The number of amidine groups is 1. The summed E-state index contributed by atoms with van der Waals surface area (Å²) in [4.78, 5) is 30.8. The van der Waals surface area contributed by atoms with Crippen molar-refractivity contribution in [3.63, 3.8) is 0 Å². The summed E-state index contributed by atoms with van der Waals surface area (Å²) in [6, 6.07) is 10.0. The molecule has 1 saturated heterocycles. The minimum atomic E-state index is -1.03. The van der Waals surface area contributed by atoms with Gasteiger partial charge in [-0.2, -0.15) is 0 Å². The first-order valence-corrected chi connectivity index (χ1v) is 11.6. The molecule has 0 aromatic heterocycles. The van der Waals surface area contributed by atoms with Gasteiger partial charge >= 0.3 is 5.97 Å². The zero-order chi connectivity index (χ0) is 23.3. The number of likely N-dealkylation sites (N-methyl/N-ethyl adjacent to an activating group) is 1. The number of nitrogens with zero attached hydrogens (tertiary/aromatic N) is 2. The lowest BCUT2D eigenvalue weighted by atomic mass is 10.2. The fraction of sp³-hybridized carbons (Fsp3) is 0.261. The van der Waals surface area contributed by atoms with Crippen LogP contribution in [-0.2, 0) is 4.79 Å². The first kappa shape index (κ1) is 23.9. The highest BCUT2D eigenvalue weighted by Gasteiger charge is 2.32. The van der Waals surface area contributed by atoms with E-state index in [9.17, 15) is 14.7 Å². The van der Waals surface area contributed by atoms with Crippen LogP contribution in [0.2, 0.25) is 0 Å². The molecule has 2 aromatic rings. The van der Waals surface area contributed by atoms with E-state index >= 15 is 0 Å². The number of methoxy groups -OCH3 is 1. The molecule has 3 rings (SSSR count). The van der Waals surface area contributed by atoms with Gasteiger partial charge < -0.3 is 14.6 Å². The van der Waals surface area contributed by atoms with Gasteiger partial charge in [0.1, 0.15) is 0 Å². The van der Waals surface area contributed by atoms with Crippen molar-refractivity contribution in [2.24, 2.45) is 4.99 Å². The van der Waals surface area contributed by atoms with Crippen molar-refractivity contribution in [3.8, 4) is 11.5 Å².